The van der Waals surface area contributed by atoms with Gasteiger partial charge in [0.05, 0.1) is 0 Å². The van der Waals surface area contributed by atoms with Crippen molar-refractivity contribution in [2.24, 2.45) is 5.41 Å². The standard InChI is InChI=1S/C12H22N2O3/c1-8(2)13-11(17)14-7-5-6-12(3,4)9(14)10(15)16/h8-9H,5-7H2,1-4H3,(H,13,17)(H,15,16). The number of carboxylic acids is 1. The predicted molar refractivity (Wildman–Crippen MR) is 64.8 cm³/mol. The fourth-order valence-electron chi connectivity index (χ4n) is 2.41. The molecular formula is C12H22N2O3. The average Bonchev–Trinajstić information content (AvgIpc) is 2.13. The second-order valence-electron chi connectivity index (χ2n) is 5.63. The molecule has 1 heterocycles. The number of carbonyl (C=O) groups is 2. The highest BCUT2D eigenvalue weighted by molar-refractivity contribution is 5.83. The van der Waals surface area contributed by atoms with Gasteiger partial charge in [-0.2, -0.15) is 0 Å². The molecule has 0 aromatic rings. The summed E-state index contributed by atoms with van der Waals surface area (Å²) >= 11 is 0. The lowest BCUT2D eigenvalue weighted by atomic mass is 9.76. The van der Waals surface area contributed by atoms with Crippen LogP contribution in [0.25, 0.3) is 0 Å². The maximum Gasteiger partial charge on any atom is 0.327 e. The van der Waals surface area contributed by atoms with Crippen molar-refractivity contribution in [3.8, 4) is 0 Å². The summed E-state index contributed by atoms with van der Waals surface area (Å²) < 4.78 is 0. The second-order valence-corrected chi connectivity index (χ2v) is 5.63. The lowest BCUT2D eigenvalue weighted by Gasteiger charge is -2.44. The van der Waals surface area contributed by atoms with E-state index < -0.39 is 12.0 Å². The highest BCUT2D eigenvalue weighted by Gasteiger charge is 2.44. The van der Waals surface area contributed by atoms with Gasteiger partial charge < -0.3 is 15.3 Å². The van der Waals surface area contributed by atoms with Crippen LogP contribution in [0.15, 0.2) is 0 Å². The van der Waals surface area contributed by atoms with Crippen LogP contribution >= 0.6 is 0 Å². The Balaban J connectivity index is 2.88. The van der Waals surface area contributed by atoms with E-state index >= 15 is 0 Å². The summed E-state index contributed by atoms with van der Waals surface area (Å²) in [6, 6.07) is -1.00. The molecule has 1 fully saturated rings. The van der Waals surface area contributed by atoms with Crippen molar-refractivity contribution in [2.75, 3.05) is 6.54 Å². The minimum atomic E-state index is -0.923. The van der Waals surface area contributed by atoms with Crippen LogP contribution < -0.4 is 5.32 Å². The van der Waals surface area contributed by atoms with Crippen LogP contribution in [0.2, 0.25) is 0 Å². The van der Waals surface area contributed by atoms with Gasteiger partial charge in [-0.15, -0.1) is 0 Å². The summed E-state index contributed by atoms with van der Waals surface area (Å²) in [5.41, 5.74) is -0.377. The minimum absolute atomic E-state index is 0.0157. The minimum Gasteiger partial charge on any atom is -0.480 e. The number of aliphatic carboxylic acids is 1. The lowest BCUT2D eigenvalue weighted by Crippen LogP contribution is -2.59. The summed E-state index contributed by atoms with van der Waals surface area (Å²) in [5, 5.41) is 12.1. The molecule has 98 valence electrons. The summed E-state index contributed by atoms with van der Waals surface area (Å²) in [4.78, 5) is 24.8. The Bertz CT molecular complexity index is 313. The number of carboxylic acid groups (broad SMARTS) is 1. The summed E-state index contributed by atoms with van der Waals surface area (Å²) in [6.07, 6.45) is 1.68. The van der Waals surface area contributed by atoms with Gasteiger partial charge in [-0.1, -0.05) is 13.8 Å². The van der Waals surface area contributed by atoms with Crippen molar-refractivity contribution in [1.82, 2.24) is 10.2 Å². The highest BCUT2D eigenvalue weighted by atomic mass is 16.4. The van der Waals surface area contributed by atoms with E-state index in [-0.39, 0.29) is 17.5 Å². The highest BCUT2D eigenvalue weighted by Crippen LogP contribution is 2.35. The summed E-state index contributed by atoms with van der Waals surface area (Å²) in [6.45, 7) is 8.05. The van der Waals surface area contributed by atoms with Gasteiger partial charge in [-0.05, 0) is 32.1 Å². The lowest BCUT2D eigenvalue weighted by molar-refractivity contribution is -0.148. The van der Waals surface area contributed by atoms with Crippen LogP contribution in [-0.2, 0) is 4.79 Å². The van der Waals surface area contributed by atoms with Crippen molar-refractivity contribution in [3.05, 3.63) is 0 Å². The van der Waals surface area contributed by atoms with Gasteiger partial charge in [-0.3, -0.25) is 0 Å². The first-order valence-corrected chi connectivity index (χ1v) is 6.05. The van der Waals surface area contributed by atoms with E-state index in [0.717, 1.165) is 12.8 Å². The predicted octanol–water partition coefficient (Wildman–Crippen LogP) is 1.68. The number of hydrogen-bond acceptors (Lipinski definition) is 2. The van der Waals surface area contributed by atoms with Gasteiger partial charge in [0.2, 0.25) is 0 Å². The molecule has 2 amide bonds. The Morgan fingerprint density at radius 3 is 2.47 bits per heavy atom. The SMILES string of the molecule is CC(C)NC(=O)N1CCCC(C)(C)C1C(=O)O. The third-order valence-corrected chi connectivity index (χ3v) is 3.18. The molecule has 0 saturated carbocycles. The van der Waals surface area contributed by atoms with Crippen LogP contribution in [-0.4, -0.2) is 40.6 Å². The molecule has 1 atom stereocenters. The van der Waals surface area contributed by atoms with Crippen LogP contribution in [0.4, 0.5) is 4.79 Å². The number of nitrogens with one attached hydrogen (secondary N) is 1. The number of urea groups is 1. The molecule has 0 bridgehead atoms. The maximum atomic E-state index is 12.0. The average molecular weight is 242 g/mol. The van der Waals surface area contributed by atoms with Crippen molar-refractivity contribution >= 4 is 12.0 Å². The molecule has 17 heavy (non-hydrogen) atoms. The van der Waals surface area contributed by atoms with E-state index in [1.807, 2.05) is 27.7 Å². The number of amides is 2. The molecule has 0 aromatic heterocycles. The Labute approximate surface area is 102 Å². The van der Waals surface area contributed by atoms with Crippen molar-refractivity contribution in [2.45, 2.75) is 52.6 Å². The Morgan fingerprint density at radius 1 is 1.41 bits per heavy atom. The number of likely N-dealkylation sites (tertiary alicyclic amines) is 1. The van der Waals surface area contributed by atoms with E-state index in [1.54, 1.807) is 0 Å². The van der Waals surface area contributed by atoms with Crippen molar-refractivity contribution in [1.29, 1.82) is 0 Å². The van der Waals surface area contributed by atoms with Gasteiger partial charge in [0.25, 0.3) is 0 Å². The molecular weight excluding hydrogens is 220 g/mol. The Hall–Kier alpha value is -1.26. The van der Waals surface area contributed by atoms with Gasteiger partial charge in [-0.25, -0.2) is 9.59 Å². The molecule has 0 radical (unpaired) electrons. The molecule has 0 aromatic carbocycles. The first-order valence-electron chi connectivity index (χ1n) is 6.05. The maximum absolute atomic E-state index is 12.0. The fourth-order valence-corrected chi connectivity index (χ4v) is 2.41. The topological polar surface area (TPSA) is 69.6 Å². The van der Waals surface area contributed by atoms with Crippen molar-refractivity contribution in [3.63, 3.8) is 0 Å². The number of nitrogens with zero attached hydrogens (tertiary/aromatic N) is 1. The zero-order valence-corrected chi connectivity index (χ0v) is 11.0. The third-order valence-electron chi connectivity index (χ3n) is 3.18. The first kappa shape index (κ1) is 13.8. The van der Waals surface area contributed by atoms with E-state index in [9.17, 15) is 14.7 Å². The van der Waals surface area contributed by atoms with E-state index in [0.29, 0.717) is 6.54 Å². The van der Waals surface area contributed by atoms with Gasteiger partial charge >= 0.3 is 12.0 Å². The quantitative estimate of drug-likeness (QED) is 0.774. The molecule has 1 rings (SSSR count). The number of carbonyl (C=O) groups excluding carboxylic acids is 1. The molecule has 1 saturated heterocycles. The summed E-state index contributed by atoms with van der Waals surface area (Å²) in [7, 11) is 0. The van der Waals surface area contributed by atoms with Crippen LogP contribution in [0.5, 0.6) is 0 Å². The van der Waals surface area contributed by atoms with E-state index in [2.05, 4.69) is 5.32 Å². The number of hydrogen-bond donors (Lipinski definition) is 2. The monoisotopic (exact) mass is 242 g/mol. The molecule has 1 aliphatic rings. The fraction of sp³-hybridized carbons (Fsp3) is 0.833. The van der Waals surface area contributed by atoms with Crippen LogP contribution in [0.1, 0.15) is 40.5 Å². The van der Waals surface area contributed by atoms with Gasteiger partial charge in [0, 0.05) is 12.6 Å². The molecule has 0 aliphatic carbocycles. The Morgan fingerprint density at radius 2 is 2.00 bits per heavy atom. The van der Waals surface area contributed by atoms with Gasteiger partial charge in [0.1, 0.15) is 6.04 Å². The molecule has 0 spiro atoms. The molecule has 2 N–H and O–H groups in total. The molecule has 1 unspecified atom stereocenters. The zero-order chi connectivity index (χ0) is 13.2. The zero-order valence-electron chi connectivity index (χ0n) is 11.0. The smallest absolute Gasteiger partial charge is 0.327 e. The number of piperidine rings is 1. The van der Waals surface area contributed by atoms with Gasteiger partial charge in [0.15, 0.2) is 0 Å². The van der Waals surface area contributed by atoms with Crippen molar-refractivity contribution < 1.29 is 14.7 Å². The van der Waals surface area contributed by atoms with Crippen LogP contribution in [0.3, 0.4) is 0 Å². The molecule has 5 heteroatoms. The largest absolute Gasteiger partial charge is 0.480 e. The van der Waals surface area contributed by atoms with Crippen LogP contribution in [0, 0.1) is 5.41 Å². The number of rotatable bonds is 2. The third kappa shape index (κ3) is 3.11. The molecule has 1 aliphatic heterocycles. The normalized spacial score (nSPS) is 23.6. The van der Waals surface area contributed by atoms with E-state index in [1.165, 1.54) is 4.90 Å². The second kappa shape index (κ2) is 4.94. The first-order chi connectivity index (χ1) is 7.75. The Kier molecular flexibility index (Phi) is 4.01. The molecule has 5 nitrogen and oxygen atoms in total. The summed E-state index contributed by atoms with van der Waals surface area (Å²) in [5.74, 6) is -0.923. The van der Waals surface area contributed by atoms with E-state index in [4.69, 9.17) is 0 Å².